The van der Waals surface area contributed by atoms with E-state index in [0.29, 0.717) is 5.75 Å². The van der Waals surface area contributed by atoms with Crippen molar-refractivity contribution in [1.29, 1.82) is 0 Å². The molecule has 2 rings (SSSR count). The molecule has 0 saturated heterocycles. The number of ether oxygens (including phenoxy) is 2. The van der Waals surface area contributed by atoms with Gasteiger partial charge in [-0.1, -0.05) is 28.1 Å². The van der Waals surface area contributed by atoms with Crippen LogP contribution in [0.5, 0.6) is 11.5 Å². The minimum Gasteiger partial charge on any atom is -0.497 e. The Labute approximate surface area is 138 Å². The van der Waals surface area contributed by atoms with E-state index >= 15 is 0 Å². The summed E-state index contributed by atoms with van der Waals surface area (Å²) in [5.74, 6) is 1.29. The van der Waals surface area contributed by atoms with Crippen molar-refractivity contribution in [3.63, 3.8) is 0 Å². The zero-order valence-electron chi connectivity index (χ0n) is 12.5. The van der Waals surface area contributed by atoms with Crippen LogP contribution in [0.3, 0.4) is 0 Å². The first kappa shape index (κ1) is 16.4. The Morgan fingerprint density at radius 3 is 2.27 bits per heavy atom. The number of halogens is 1. The fraction of sp³-hybridized carbons (Fsp3) is 0.235. The fourth-order valence-electron chi connectivity index (χ4n) is 1.94. The molecular weight excluding hydrogens is 346 g/mol. The van der Waals surface area contributed by atoms with E-state index in [4.69, 9.17) is 9.47 Å². The van der Waals surface area contributed by atoms with Crippen LogP contribution in [-0.2, 0) is 4.79 Å². The van der Waals surface area contributed by atoms with Gasteiger partial charge in [-0.3, -0.25) is 4.79 Å². The van der Waals surface area contributed by atoms with Gasteiger partial charge in [-0.2, -0.15) is 0 Å². The van der Waals surface area contributed by atoms with Crippen LogP contribution in [0.15, 0.2) is 53.0 Å². The number of nitrogens with one attached hydrogen (secondary N) is 1. The Hall–Kier alpha value is -2.01. The average molecular weight is 364 g/mol. The molecule has 0 bridgehead atoms. The highest BCUT2D eigenvalue weighted by molar-refractivity contribution is 9.10. The zero-order valence-corrected chi connectivity index (χ0v) is 14.1. The molecule has 0 radical (unpaired) electrons. The SMILES string of the molecule is COc1ccc([C@@H](C)NC(=O)COc2ccc(Br)cc2)cc1. The Balaban J connectivity index is 1.83. The van der Waals surface area contributed by atoms with Crippen molar-refractivity contribution in [3.8, 4) is 11.5 Å². The molecule has 0 aliphatic heterocycles. The summed E-state index contributed by atoms with van der Waals surface area (Å²) in [5, 5.41) is 2.90. The van der Waals surface area contributed by atoms with Crippen LogP contribution < -0.4 is 14.8 Å². The Bertz CT molecular complexity index is 611. The summed E-state index contributed by atoms with van der Waals surface area (Å²) in [6.07, 6.45) is 0. The van der Waals surface area contributed by atoms with E-state index in [0.717, 1.165) is 15.8 Å². The lowest BCUT2D eigenvalue weighted by molar-refractivity contribution is -0.123. The van der Waals surface area contributed by atoms with Gasteiger partial charge in [0.15, 0.2) is 6.61 Å². The number of carbonyl (C=O) groups excluding carboxylic acids is 1. The lowest BCUT2D eigenvalue weighted by Crippen LogP contribution is -2.31. The highest BCUT2D eigenvalue weighted by atomic mass is 79.9. The number of amides is 1. The predicted octanol–water partition coefficient (Wildman–Crippen LogP) is 3.71. The standard InChI is InChI=1S/C17H18BrNO3/c1-12(13-3-7-15(21-2)8-4-13)19-17(20)11-22-16-9-5-14(18)6-10-16/h3-10,12H,11H2,1-2H3,(H,19,20)/t12-/m1/s1. The van der Waals surface area contributed by atoms with Crippen LogP contribution in [-0.4, -0.2) is 19.6 Å². The van der Waals surface area contributed by atoms with Gasteiger partial charge in [-0.25, -0.2) is 0 Å². The number of benzene rings is 2. The lowest BCUT2D eigenvalue weighted by Gasteiger charge is -2.15. The van der Waals surface area contributed by atoms with Gasteiger partial charge in [0.25, 0.3) is 5.91 Å². The van der Waals surface area contributed by atoms with Crippen LogP contribution >= 0.6 is 15.9 Å². The maximum absolute atomic E-state index is 11.9. The smallest absolute Gasteiger partial charge is 0.258 e. The van der Waals surface area contributed by atoms with Gasteiger partial charge in [-0.15, -0.1) is 0 Å². The van der Waals surface area contributed by atoms with Crippen molar-refractivity contribution in [1.82, 2.24) is 5.32 Å². The molecular formula is C17H18BrNO3. The second-order valence-electron chi connectivity index (χ2n) is 4.80. The molecule has 0 unspecified atom stereocenters. The number of methoxy groups -OCH3 is 1. The van der Waals surface area contributed by atoms with E-state index in [9.17, 15) is 4.79 Å². The minimum absolute atomic E-state index is 0.0118. The summed E-state index contributed by atoms with van der Waals surface area (Å²) in [6, 6.07) is 14.9. The summed E-state index contributed by atoms with van der Waals surface area (Å²) in [7, 11) is 1.62. The predicted molar refractivity (Wildman–Crippen MR) is 89.2 cm³/mol. The van der Waals surface area contributed by atoms with Gasteiger partial charge in [-0.05, 0) is 48.9 Å². The van der Waals surface area contributed by atoms with Crippen LogP contribution in [0, 0.1) is 0 Å². The maximum Gasteiger partial charge on any atom is 0.258 e. The Morgan fingerprint density at radius 1 is 1.09 bits per heavy atom. The van der Waals surface area contributed by atoms with Crippen molar-refractivity contribution in [2.45, 2.75) is 13.0 Å². The first-order valence-electron chi connectivity index (χ1n) is 6.90. The molecule has 0 fully saturated rings. The fourth-order valence-corrected chi connectivity index (χ4v) is 2.20. The molecule has 0 spiro atoms. The van der Waals surface area contributed by atoms with Gasteiger partial charge in [0.2, 0.25) is 0 Å². The third-order valence-corrected chi connectivity index (χ3v) is 3.71. The quantitative estimate of drug-likeness (QED) is 0.850. The van der Waals surface area contributed by atoms with Crippen molar-refractivity contribution < 1.29 is 14.3 Å². The van der Waals surface area contributed by atoms with Gasteiger partial charge in [0, 0.05) is 4.47 Å². The molecule has 5 heteroatoms. The zero-order chi connectivity index (χ0) is 15.9. The van der Waals surface area contributed by atoms with Gasteiger partial charge in [0.05, 0.1) is 13.2 Å². The van der Waals surface area contributed by atoms with Crippen LogP contribution in [0.2, 0.25) is 0 Å². The first-order chi connectivity index (χ1) is 10.6. The van der Waals surface area contributed by atoms with Crippen molar-refractivity contribution in [2.24, 2.45) is 0 Å². The molecule has 0 aliphatic carbocycles. The molecule has 0 heterocycles. The lowest BCUT2D eigenvalue weighted by atomic mass is 10.1. The second kappa shape index (κ2) is 7.84. The highest BCUT2D eigenvalue weighted by Gasteiger charge is 2.10. The molecule has 0 aromatic heterocycles. The number of carbonyl (C=O) groups is 1. The molecule has 116 valence electrons. The van der Waals surface area contributed by atoms with Crippen molar-refractivity contribution in [3.05, 3.63) is 58.6 Å². The third-order valence-electron chi connectivity index (χ3n) is 3.18. The van der Waals surface area contributed by atoms with E-state index in [1.165, 1.54) is 0 Å². The summed E-state index contributed by atoms with van der Waals surface area (Å²) in [4.78, 5) is 11.9. The largest absolute Gasteiger partial charge is 0.497 e. The molecule has 2 aromatic carbocycles. The molecule has 0 saturated carbocycles. The highest BCUT2D eigenvalue weighted by Crippen LogP contribution is 2.18. The van der Waals surface area contributed by atoms with E-state index in [2.05, 4.69) is 21.2 Å². The van der Waals surface area contributed by atoms with E-state index in [-0.39, 0.29) is 18.6 Å². The summed E-state index contributed by atoms with van der Waals surface area (Å²) in [6.45, 7) is 1.92. The first-order valence-corrected chi connectivity index (χ1v) is 7.69. The molecule has 1 atom stereocenters. The molecule has 22 heavy (non-hydrogen) atoms. The van der Waals surface area contributed by atoms with E-state index in [1.807, 2.05) is 55.5 Å². The average Bonchev–Trinajstić information content (AvgIpc) is 2.54. The number of rotatable bonds is 6. The maximum atomic E-state index is 11.9. The molecule has 1 N–H and O–H groups in total. The van der Waals surface area contributed by atoms with E-state index in [1.54, 1.807) is 7.11 Å². The molecule has 0 aliphatic rings. The topological polar surface area (TPSA) is 47.6 Å². The van der Waals surface area contributed by atoms with E-state index < -0.39 is 0 Å². The molecule has 1 amide bonds. The summed E-state index contributed by atoms with van der Waals surface area (Å²) >= 11 is 3.35. The van der Waals surface area contributed by atoms with Crippen LogP contribution in [0.4, 0.5) is 0 Å². The normalized spacial score (nSPS) is 11.6. The van der Waals surface area contributed by atoms with Crippen LogP contribution in [0.25, 0.3) is 0 Å². The summed E-state index contributed by atoms with van der Waals surface area (Å²) in [5.41, 5.74) is 1.01. The van der Waals surface area contributed by atoms with Crippen LogP contribution in [0.1, 0.15) is 18.5 Å². The van der Waals surface area contributed by atoms with Crippen molar-refractivity contribution >= 4 is 21.8 Å². The Kier molecular flexibility index (Phi) is 5.83. The second-order valence-corrected chi connectivity index (χ2v) is 5.72. The monoisotopic (exact) mass is 363 g/mol. The number of hydrogen-bond donors (Lipinski definition) is 1. The third kappa shape index (κ3) is 4.77. The van der Waals surface area contributed by atoms with Gasteiger partial charge >= 0.3 is 0 Å². The number of hydrogen-bond acceptors (Lipinski definition) is 3. The van der Waals surface area contributed by atoms with Gasteiger partial charge in [0.1, 0.15) is 11.5 Å². The Morgan fingerprint density at radius 2 is 1.68 bits per heavy atom. The molecule has 2 aromatic rings. The van der Waals surface area contributed by atoms with Gasteiger partial charge < -0.3 is 14.8 Å². The molecule has 4 nitrogen and oxygen atoms in total. The minimum atomic E-state index is -0.161. The summed E-state index contributed by atoms with van der Waals surface area (Å²) < 4.78 is 11.5. The van der Waals surface area contributed by atoms with Crippen molar-refractivity contribution in [2.75, 3.05) is 13.7 Å².